The van der Waals surface area contributed by atoms with E-state index < -0.39 is 5.25 Å². The molecule has 39 heavy (non-hydrogen) atoms. The van der Waals surface area contributed by atoms with Crippen LogP contribution in [0, 0.1) is 6.92 Å². The van der Waals surface area contributed by atoms with Crippen LogP contribution in [0.4, 0.5) is 0 Å². The number of fused-ring (bicyclic) bond motifs is 1. The van der Waals surface area contributed by atoms with Crippen molar-refractivity contribution in [2.24, 2.45) is 0 Å². The molecule has 1 atom stereocenters. The third kappa shape index (κ3) is 6.94. The van der Waals surface area contributed by atoms with Crippen molar-refractivity contribution in [1.29, 1.82) is 0 Å². The van der Waals surface area contributed by atoms with Gasteiger partial charge >= 0.3 is 0 Å². The first-order valence-corrected chi connectivity index (χ1v) is 14.0. The number of nitrogens with one attached hydrogen (secondary N) is 1. The van der Waals surface area contributed by atoms with Crippen molar-refractivity contribution < 1.29 is 14.3 Å². The molecule has 0 saturated carbocycles. The number of hydrogen-bond donors (Lipinski definition) is 1. The number of ether oxygens (including phenoxy) is 2. The third-order valence-electron chi connectivity index (χ3n) is 6.46. The van der Waals surface area contributed by atoms with Gasteiger partial charge in [0.25, 0.3) is 5.56 Å². The zero-order valence-electron chi connectivity index (χ0n) is 22.5. The van der Waals surface area contributed by atoms with Gasteiger partial charge in [-0.05, 0) is 49.1 Å². The van der Waals surface area contributed by atoms with Gasteiger partial charge in [-0.15, -0.1) is 0 Å². The molecule has 0 unspecified atom stereocenters. The zero-order valence-corrected chi connectivity index (χ0v) is 24.1. The summed E-state index contributed by atoms with van der Waals surface area (Å²) in [5, 5.41) is 4.16. The third-order valence-corrected chi connectivity index (χ3v) is 8.07. The van der Waals surface area contributed by atoms with E-state index in [0.29, 0.717) is 58.5 Å². The Bertz CT molecular complexity index is 1500. The number of aromatic nitrogens is 2. The average Bonchev–Trinajstić information content (AvgIpc) is 2.95. The molecule has 0 spiro atoms. The first-order chi connectivity index (χ1) is 18.8. The van der Waals surface area contributed by atoms with E-state index in [1.54, 1.807) is 16.7 Å². The number of benzene rings is 3. The molecule has 0 radical (unpaired) electrons. The Morgan fingerprint density at radius 1 is 1.03 bits per heavy atom. The Kier molecular flexibility index (Phi) is 9.54. The molecule has 1 N–H and O–H groups in total. The minimum atomic E-state index is -0.429. The lowest BCUT2D eigenvalue weighted by Gasteiger charge is -2.19. The lowest BCUT2D eigenvalue weighted by atomic mass is 10.1. The fraction of sp³-hybridized carbons (Fsp3) is 0.300. The Labute approximate surface area is 237 Å². The number of hydrogen-bond acceptors (Lipinski definition) is 6. The van der Waals surface area contributed by atoms with Gasteiger partial charge in [0.1, 0.15) is 0 Å². The van der Waals surface area contributed by atoms with Gasteiger partial charge in [0.15, 0.2) is 16.7 Å². The monoisotopic (exact) mass is 565 g/mol. The topological polar surface area (TPSA) is 82.5 Å². The van der Waals surface area contributed by atoms with E-state index >= 15 is 0 Å². The maximum absolute atomic E-state index is 13.8. The summed E-state index contributed by atoms with van der Waals surface area (Å²) in [5.41, 5.74) is 3.52. The molecule has 1 amide bonds. The van der Waals surface area contributed by atoms with Gasteiger partial charge in [-0.3, -0.25) is 14.2 Å². The molecule has 4 aromatic rings. The summed E-state index contributed by atoms with van der Waals surface area (Å²) in [6.45, 7) is 4.80. The summed E-state index contributed by atoms with van der Waals surface area (Å²) in [6, 6.07) is 18.9. The van der Waals surface area contributed by atoms with E-state index in [1.807, 2.05) is 62.4 Å². The van der Waals surface area contributed by atoms with Crippen molar-refractivity contribution in [2.45, 2.75) is 50.2 Å². The molecule has 0 saturated heterocycles. The van der Waals surface area contributed by atoms with E-state index in [0.717, 1.165) is 11.1 Å². The van der Waals surface area contributed by atoms with E-state index in [1.165, 1.54) is 31.5 Å². The number of methoxy groups -OCH3 is 2. The van der Waals surface area contributed by atoms with Crippen molar-refractivity contribution >= 4 is 40.2 Å². The minimum Gasteiger partial charge on any atom is -0.493 e. The molecule has 0 fully saturated rings. The van der Waals surface area contributed by atoms with Crippen molar-refractivity contribution in [3.8, 4) is 11.5 Å². The smallest absolute Gasteiger partial charge is 0.262 e. The fourth-order valence-corrected chi connectivity index (χ4v) is 5.36. The highest BCUT2D eigenvalue weighted by molar-refractivity contribution is 8.00. The summed E-state index contributed by atoms with van der Waals surface area (Å²) in [5.74, 6) is 0.833. The number of rotatable bonds is 11. The molecule has 0 aliphatic heterocycles. The molecular formula is C30H32ClN3O4S. The maximum atomic E-state index is 13.8. The standard InChI is InChI=1S/C30H32ClN3O4S/c1-5-27(28(35)32-18-21-8-6-19(2)7-9-21)39-30-33-24-17-26(38-4)25(37-3)16-23(24)29(36)34(30)15-14-20-10-12-22(31)13-11-20/h6-13,16-17,27H,5,14-15,18H2,1-4H3,(H,32,35)/t27-/m0/s1. The van der Waals surface area contributed by atoms with Crippen LogP contribution in [0.1, 0.15) is 30.0 Å². The Hall–Kier alpha value is -3.49. The molecule has 0 aliphatic rings. The van der Waals surface area contributed by atoms with Crippen molar-refractivity contribution in [3.63, 3.8) is 0 Å². The van der Waals surface area contributed by atoms with Gasteiger partial charge in [-0.1, -0.05) is 72.2 Å². The number of nitrogens with zero attached hydrogens (tertiary/aromatic N) is 2. The normalized spacial score (nSPS) is 11.8. The van der Waals surface area contributed by atoms with Gasteiger partial charge in [-0.25, -0.2) is 4.98 Å². The largest absolute Gasteiger partial charge is 0.493 e. The number of thioether (sulfide) groups is 1. The zero-order chi connectivity index (χ0) is 27.9. The first-order valence-electron chi connectivity index (χ1n) is 12.7. The van der Waals surface area contributed by atoms with Crippen molar-refractivity contribution in [3.05, 3.63) is 92.7 Å². The highest BCUT2D eigenvalue weighted by atomic mass is 35.5. The molecule has 1 heterocycles. The van der Waals surface area contributed by atoms with Crippen LogP contribution in [0.15, 0.2) is 70.6 Å². The van der Waals surface area contributed by atoms with Crippen LogP contribution in [0.25, 0.3) is 10.9 Å². The molecular weight excluding hydrogens is 534 g/mol. The molecule has 0 aliphatic carbocycles. The molecule has 1 aromatic heterocycles. The average molecular weight is 566 g/mol. The van der Waals surface area contributed by atoms with Crippen molar-refractivity contribution in [1.82, 2.24) is 14.9 Å². The van der Waals surface area contributed by atoms with Gasteiger partial charge in [0, 0.05) is 24.2 Å². The Morgan fingerprint density at radius 2 is 1.67 bits per heavy atom. The van der Waals surface area contributed by atoms with E-state index in [2.05, 4.69) is 5.32 Å². The Balaban J connectivity index is 1.66. The van der Waals surface area contributed by atoms with Crippen LogP contribution in [0.2, 0.25) is 5.02 Å². The van der Waals surface area contributed by atoms with Crippen molar-refractivity contribution in [2.75, 3.05) is 14.2 Å². The number of carbonyl (C=O) groups excluding carboxylic acids is 1. The van der Waals surface area contributed by atoms with Gasteiger partial charge in [-0.2, -0.15) is 0 Å². The number of carbonyl (C=O) groups is 1. The second-order valence-electron chi connectivity index (χ2n) is 9.17. The van der Waals surface area contributed by atoms with Gasteiger partial charge in [0.2, 0.25) is 5.91 Å². The second-order valence-corrected chi connectivity index (χ2v) is 10.8. The summed E-state index contributed by atoms with van der Waals surface area (Å²) in [7, 11) is 3.07. The van der Waals surface area contributed by atoms with Gasteiger partial charge in [0.05, 0.1) is 30.4 Å². The number of halogens is 1. The lowest BCUT2D eigenvalue weighted by Crippen LogP contribution is -2.33. The molecule has 9 heteroatoms. The number of amides is 1. The molecule has 0 bridgehead atoms. The SMILES string of the molecule is CC[C@H](Sc1nc2cc(OC)c(OC)cc2c(=O)n1CCc1ccc(Cl)cc1)C(=O)NCc1ccc(C)cc1. The molecule has 3 aromatic carbocycles. The quantitative estimate of drug-likeness (QED) is 0.183. The van der Waals surface area contributed by atoms with Gasteiger partial charge < -0.3 is 14.8 Å². The summed E-state index contributed by atoms with van der Waals surface area (Å²) in [4.78, 5) is 31.8. The predicted octanol–water partition coefficient (Wildman–Crippen LogP) is 5.81. The molecule has 7 nitrogen and oxygen atoms in total. The van der Waals surface area contributed by atoms with E-state index in [-0.39, 0.29) is 11.5 Å². The van der Waals surface area contributed by atoms with Crippen LogP contribution in [0.3, 0.4) is 0 Å². The summed E-state index contributed by atoms with van der Waals surface area (Å²) < 4.78 is 12.5. The lowest BCUT2D eigenvalue weighted by molar-refractivity contribution is -0.120. The maximum Gasteiger partial charge on any atom is 0.262 e. The van der Waals surface area contributed by atoms with Crippen LogP contribution in [-0.2, 0) is 24.3 Å². The molecule has 4 rings (SSSR count). The fourth-order valence-electron chi connectivity index (χ4n) is 4.17. The van der Waals surface area contributed by atoms with Crippen LogP contribution in [0.5, 0.6) is 11.5 Å². The van der Waals surface area contributed by atoms with E-state index in [4.69, 9.17) is 26.1 Å². The molecule has 204 valence electrons. The number of aryl methyl sites for hydroxylation is 2. The van der Waals surface area contributed by atoms with Crippen LogP contribution in [-0.4, -0.2) is 34.9 Å². The van der Waals surface area contributed by atoms with Crippen LogP contribution < -0.4 is 20.3 Å². The predicted molar refractivity (Wildman–Crippen MR) is 157 cm³/mol. The second kappa shape index (κ2) is 13.0. The van der Waals surface area contributed by atoms with E-state index in [9.17, 15) is 9.59 Å². The summed E-state index contributed by atoms with van der Waals surface area (Å²) >= 11 is 7.34. The van der Waals surface area contributed by atoms with Crippen LogP contribution >= 0.6 is 23.4 Å². The Morgan fingerprint density at radius 3 is 2.31 bits per heavy atom. The first kappa shape index (κ1) is 28.5. The minimum absolute atomic E-state index is 0.103. The highest BCUT2D eigenvalue weighted by Crippen LogP contribution is 2.32. The highest BCUT2D eigenvalue weighted by Gasteiger charge is 2.23. The summed E-state index contributed by atoms with van der Waals surface area (Å²) in [6.07, 6.45) is 1.17.